The summed E-state index contributed by atoms with van der Waals surface area (Å²) >= 11 is 0. The highest BCUT2D eigenvalue weighted by Crippen LogP contribution is 2.40. The van der Waals surface area contributed by atoms with Gasteiger partial charge >= 0.3 is 0 Å². The molecule has 1 heterocycles. The van der Waals surface area contributed by atoms with E-state index in [1.165, 1.54) is 19.3 Å². The molecule has 1 aromatic carbocycles. The number of fused-ring (bicyclic) bond motifs is 1. The van der Waals surface area contributed by atoms with Crippen LogP contribution in [0.15, 0.2) is 18.2 Å². The van der Waals surface area contributed by atoms with Crippen molar-refractivity contribution < 1.29 is 14.6 Å². The van der Waals surface area contributed by atoms with Crippen LogP contribution >= 0.6 is 0 Å². The van der Waals surface area contributed by atoms with Gasteiger partial charge in [-0.05, 0) is 42.4 Å². The van der Waals surface area contributed by atoms with E-state index < -0.39 is 0 Å². The van der Waals surface area contributed by atoms with Crippen LogP contribution in [0.5, 0.6) is 11.5 Å². The van der Waals surface area contributed by atoms with E-state index in [1.54, 1.807) is 0 Å². The van der Waals surface area contributed by atoms with Crippen molar-refractivity contribution in [3.8, 4) is 11.5 Å². The van der Waals surface area contributed by atoms with Crippen LogP contribution in [0.2, 0.25) is 0 Å². The van der Waals surface area contributed by atoms with E-state index in [4.69, 9.17) is 9.47 Å². The normalized spacial score (nSPS) is 27.1. The number of hydrogen-bond acceptors (Lipinski definition) is 3. The fraction of sp³-hybridized carbons (Fsp3) is 0.647. The summed E-state index contributed by atoms with van der Waals surface area (Å²) in [4.78, 5) is 0. The highest BCUT2D eigenvalue weighted by Gasteiger charge is 2.27. The Bertz CT molecular complexity index is 450. The molecule has 1 saturated carbocycles. The molecular weight excluding hydrogens is 252 g/mol. The first-order valence-corrected chi connectivity index (χ1v) is 7.85. The topological polar surface area (TPSA) is 38.7 Å². The zero-order chi connectivity index (χ0) is 13.9. The fourth-order valence-corrected chi connectivity index (χ4v) is 3.43. The van der Waals surface area contributed by atoms with Crippen LogP contribution in [0.1, 0.15) is 50.7 Å². The number of hydrogen-bond donors (Lipinski definition) is 1. The largest absolute Gasteiger partial charge is 0.486 e. The Balaban J connectivity index is 1.69. The molecule has 110 valence electrons. The van der Waals surface area contributed by atoms with Gasteiger partial charge < -0.3 is 14.6 Å². The average Bonchev–Trinajstić information content (AvgIpc) is 2.54. The summed E-state index contributed by atoms with van der Waals surface area (Å²) in [6.45, 7) is 3.46. The molecule has 1 aromatic rings. The fourth-order valence-electron chi connectivity index (χ4n) is 3.43. The Morgan fingerprint density at radius 2 is 1.80 bits per heavy atom. The Hall–Kier alpha value is -1.22. The maximum absolute atomic E-state index is 10.6. The van der Waals surface area contributed by atoms with Gasteiger partial charge in [0.05, 0.1) is 6.10 Å². The molecule has 3 nitrogen and oxygen atoms in total. The van der Waals surface area contributed by atoms with Gasteiger partial charge in [-0.25, -0.2) is 0 Å². The third-order valence-corrected chi connectivity index (χ3v) is 4.82. The minimum atomic E-state index is -0.372. The Morgan fingerprint density at radius 3 is 2.50 bits per heavy atom. The quantitative estimate of drug-likeness (QED) is 0.914. The van der Waals surface area contributed by atoms with Gasteiger partial charge in [-0.3, -0.25) is 0 Å². The third kappa shape index (κ3) is 2.78. The van der Waals surface area contributed by atoms with Crippen LogP contribution in [0.25, 0.3) is 0 Å². The van der Waals surface area contributed by atoms with Gasteiger partial charge in [0, 0.05) is 0 Å². The first-order chi connectivity index (χ1) is 9.78. The predicted octanol–water partition coefficient (Wildman–Crippen LogP) is 3.71. The number of benzene rings is 1. The van der Waals surface area contributed by atoms with Crippen molar-refractivity contribution in [1.29, 1.82) is 0 Å². The molecule has 2 aliphatic rings. The molecule has 3 rings (SSSR count). The van der Waals surface area contributed by atoms with Crippen molar-refractivity contribution in [3.05, 3.63) is 23.8 Å². The minimum Gasteiger partial charge on any atom is -0.486 e. The van der Waals surface area contributed by atoms with E-state index in [9.17, 15) is 5.11 Å². The summed E-state index contributed by atoms with van der Waals surface area (Å²) in [5, 5.41) is 10.6. The lowest BCUT2D eigenvalue weighted by atomic mass is 9.77. The standard InChI is InChI=1S/C17H24O3/c1-2-12-3-5-13(6-4-12)17(18)14-7-8-15-16(11-14)20-10-9-19-15/h7-8,11-13,17-18H,2-6,9-10H2,1H3. The lowest BCUT2D eigenvalue weighted by molar-refractivity contribution is 0.0723. The van der Waals surface area contributed by atoms with Gasteiger partial charge in [0.15, 0.2) is 11.5 Å². The number of rotatable bonds is 3. The van der Waals surface area contributed by atoms with Crippen LogP contribution < -0.4 is 9.47 Å². The molecule has 0 spiro atoms. The summed E-state index contributed by atoms with van der Waals surface area (Å²) in [5.41, 5.74) is 0.967. The SMILES string of the molecule is CCC1CCC(C(O)c2ccc3c(c2)OCCO3)CC1. The molecule has 3 heteroatoms. The van der Waals surface area contributed by atoms with Gasteiger partial charge in [-0.2, -0.15) is 0 Å². The summed E-state index contributed by atoms with van der Waals surface area (Å²) in [6, 6.07) is 5.85. The van der Waals surface area contributed by atoms with Crippen molar-refractivity contribution in [2.75, 3.05) is 13.2 Å². The predicted molar refractivity (Wildman–Crippen MR) is 78.1 cm³/mol. The molecule has 0 amide bonds. The second-order valence-corrected chi connectivity index (χ2v) is 6.04. The van der Waals surface area contributed by atoms with E-state index in [0.29, 0.717) is 19.1 Å². The lowest BCUT2D eigenvalue weighted by Crippen LogP contribution is -2.21. The monoisotopic (exact) mass is 276 g/mol. The van der Waals surface area contributed by atoms with Crippen molar-refractivity contribution in [1.82, 2.24) is 0 Å². The van der Waals surface area contributed by atoms with Gasteiger partial charge in [0.1, 0.15) is 13.2 Å². The van der Waals surface area contributed by atoms with E-state index in [2.05, 4.69) is 6.92 Å². The van der Waals surface area contributed by atoms with Crippen molar-refractivity contribution >= 4 is 0 Å². The molecule has 1 aliphatic carbocycles. The summed E-state index contributed by atoms with van der Waals surface area (Å²) in [5.74, 6) is 2.82. The minimum absolute atomic E-state index is 0.372. The summed E-state index contributed by atoms with van der Waals surface area (Å²) in [7, 11) is 0. The van der Waals surface area contributed by atoms with Crippen LogP contribution in [-0.4, -0.2) is 18.3 Å². The second-order valence-electron chi connectivity index (χ2n) is 6.04. The molecule has 0 saturated heterocycles. The van der Waals surface area contributed by atoms with Crippen LogP contribution in [-0.2, 0) is 0 Å². The molecule has 0 bridgehead atoms. The molecule has 1 N–H and O–H groups in total. The molecule has 20 heavy (non-hydrogen) atoms. The molecule has 1 unspecified atom stereocenters. The van der Waals surface area contributed by atoms with E-state index in [-0.39, 0.29) is 6.10 Å². The van der Waals surface area contributed by atoms with Crippen molar-refractivity contribution in [2.24, 2.45) is 11.8 Å². The highest BCUT2D eigenvalue weighted by molar-refractivity contribution is 5.44. The number of aliphatic hydroxyl groups is 1. The Morgan fingerprint density at radius 1 is 1.10 bits per heavy atom. The lowest BCUT2D eigenvalue weighted by Gasteiger charge is -2.31. The van der Waals surface area contributed by atoms with Gasteiger partial charge in [0.2, 0.25) is 0 Å². The highest BCUT2D eigenvalue weighted by atomic mass is 16.6. The van der Waals surface area contributed by atoms with Crippen molar-refractivity contribution in [2.45, 2.75) is 45.1 Å². The molecule has 1 atom stereocenters. The second kappa shape index (κ2) is 6.04. The van der Waals surface area contributed by atoms with Gasteiger partial charge in [0.25, 0.3) is 0 Å². The molecular formula is C17H24O3. The van der Waals surface area contributed by atoms with Gasteiger partial charge in [-0.15, -0.1) is 0 Å². The Labute approximate surface area is 120 Å². The first-order valence-electron chi connectivity index (χ1n) is 7.85. The summed E-state index contributed by atoms with van der Waals surface area (Å²) in [6.07, 6.45) is 5.67. The zero-order valence-corrected chi connectivity index (χ0v) is 12.2. The third-order valence-electron chi connectivity index (χ3n) is 4.82. The molecule has 0 aromatic heterocycles. The zero-order valence-electron chi connectivity index (χ0n) is 12.2. The van der Waals surface area contributed by atoms with Crippen LogP contribution in [0, 0.1) is 11.8 Å². The number of ether oxygens (including phenoxy) is 2. The van der Waals surface area contributed by atoms with Crippen LogP contribution in [0.3, 0.4) is 0 Å². The maximum atomic E-state index is 10.6. The first kappa shape index (κ1) is 13.7. The van der Waals surface area contributed by atoms with E-state index in [1.807, 2.05) is 18.2 Å². The number of aliphatic hydroxyl groups excluding tert-OH is 1. The van der Waals surface area contributed by atoms with Gasteiger partial charge in [-0.1, -0.05) is 32.3 Å². The Kier molecular flexibility index (Phi) is 4.16. The summed E-state index contributed by atoms with van der Waals surface area (Å²) < 4.78 is 11.1. The molecule has 1 fully saturated rings. The average molecular weight is 276 g/mol. The van der Waals surface area contributed by atoms with E-state index in [0.717, 1.165) is 35.8 Å². The smallest absolute Gasteiger partial charge is 0.161 e. The maximum Gasteiger partial charge on any atom is 0.161 e. The van der Waals surface area contributed by atoms with E-state index >= 15 is 0 Å². The molecule has 0 radical (unpaired) electrons. The van der Waals surface area contributed by atoms with Crippen LogP contribution in [0.4, 0.5) is 0 Å². The van der Waals surface area contributed by atoms with Crippen molar-refractivity contribution in [3.63, 3.8) is 0 Å². The molecule has 1 aliphatic heterocycles.